The molecule has 0 aromatic heterocycles. The van der Waals surface area contributed by atoms with Gasteiger partial charge in [-0.05, 0) is 62.1 Å². The van der Waals surface area contributed by atoms with Gasteiger partial charge in [0.15, 0.2) is 0 Å². The molecule has 0 heterocycles. The molecule has 5 heteroatoms. The van der Waals surface area contributed by atoms with Gasteiger partial charge in [-0.3, -0.25) is 4.79 Å². The number of carbonyl (C=O) groups is 1. The predicted molar refractivity (Wildman–Crippen MR) is 136 cm³/mol. The molecule has 172 valence electrons. The topological polar surface area (TPSA) is 72.5 Å². The van der Waals surface area contributed by atoms with E-state index in [1.54, 1.807) is 6.08 Å². The highest BCUT2D eigenvalue weighted by Gasteiger charge is 2.11. The number of nitrogens with two attached hydrogens (primary N) is 1. The Kier molecular flexibility index (Phi) is 11.4. The standard InChI is InChI=1S/C25H28ClNO3.C2H6/c1-16(2)25(23(26)13-8-14-24(28)29)30-17(3)15-22(18(4)27)21-12-7-10-19-9-5-6-11-20(19)21;1-2/h5-7,9-13,15H,8,14,27H2,1-4H3,(H,28,29);1-2H3/b17-15+,22-18-,23-13+;. The van der Waals surface area contributed by atoms with Crippen LogP contribution in [0.3, 0.4) is 0 Å². The van der Waals surface area contributed by atoms with Crippen LogP contribution in [-0.4, -0.2) is 11.1 Å². The summed E-state index contributed by atoms with van der Waals surface area (Å²) in [6.45, 7) is 11.5. The van der Waals surface area contributed by atoms with Crippen LogP contribution in [0.15, 0.2) is 82.4 Å². The van der Waals surface area contributed by atoms with Crippen LogP contribution in [0.4, 0.5) is 0 Å². The van der Waals surface area contributed by atoms with E-state index in [4.69, 9.17) is 27.2 Å². The Morgan fingerprint density at radius 3 is 2.28 bits per heavy atom. The SMILES string of the molecule is CC.CC(C)=C(O/C(C)=C/C(=C(\C)N)c1cccc2ccccc12)/C(Cl)=C\CCC(=O)O. The summed E-state index contributed by atoms with van der Waals surface area (Å²) >= 11 is 6.38. The van der Waals surface area contributed by atoms with Gasteiger partial charge in [-0.25, -0.2) is 0 Å². The number of aliphatic carboxylic acids is 1. The number of carboxylic acid groups (broad SMARTS) is 1. The van der Waals surface area contributed by atoms with E-state index in [-0.39, 0.29) is 6.42 Å². The van der Waals surface area contributed by atoms with Crippen molar-refractivity contribution in [1.82, 2.24) is 0 Å². The second-order valence-corrected chi connectivity index (χ2v) is 7.70. The molecule has 0 bridgehead atoms. The number of rotatable bonds is 8. The van der Waals surface area contributed by atoms with Crippen LogP contribution >= 0.6 is 11.6 Å². The molecule has 0 radical (unpaired) electrons. The maximum Gasteiger partial charge on any atom is 0.303 e. The van der Waals surface area contributed by atoms with Crippen molar-refractivity contribution >= 4 is 33.9 Å². The van der Waals surface area contributed by atoms with Crippen molar-refractivity contribution in [2.45, 2.75) is 54.4 Å². The molecule has 0 saturated carbocycles. The summed E-state index contributed by atoms with van der Waals surface area (Å²) < 4.78 is 6.05. The average Bonchev–Trinajstić information content (AvgIpc) is 2.76. The minimum absolute atomic E-state index is 0.0153. The van der Waals surface area contributed by atoms with Gasteiger partial charge in [0.2, 0.25) is 0 Å². The zero-order valence-corrected chi connectivity index (χ0v) is 20.6. The van der Waals surface area contributed by atoms with Crippen LogP contribution in [0.2, 0.25) is 0 Å². The van der Waals surface area contributed by atoms with Gasteiger partial charge in [0.05, 0.1) is 5.03 Å². The van der Waals surface area contributed by atoms with Crippen LogP contribution in [0.5, 0.6) is 0 Å². The van der Waals surface area contributed by atoms with Crippen LogP contribution in [-0.2, 0) is 9.53 Å². The molecule has 4 nitrogen and oxygen atoms in total. The normalized spacial score (nSPS) is 12.5. The van der Waals surface area contributed by atoms with Gasteiger partial charge in [0.1, 0.15) is 11.5 Å². The lowest BCUT2D eigenvalue weighted by molar-refractivity contribution is -0.136. The van der Waals surface area contributed by atoms with E-state index in [0.717, 1.165) is 27.5 Å². The molecule has 2 aromatic carbocycles. The first kappa shape index (κ1) is 27.1. The van der Waals surface area contributed by atoms with Gasteiger partial charge in [-0.1, -0.05) is 74.0 Å². The average molecular weight is 456 g/mol. The number of allylic oxidation sites excluding steroid dienone is 7. The summed E-state index contributed by atoms with van der Waals surface area (Å²) in [5.41, 5.74) is 9.70. The summed E-state index contributed by atoms with van der Waals surface area (Å²) in [6, 6.07) is 14.3. The molecular formula is C27H34ClNO3. The summed E-state index contributed by atoms with van der Waals surface area (Å²) in [5, 5.41) is 11.4. The molecule has 0 saturated heterocycles. The zero-order valence-electron chi connectivity index (χ0n) is 19.8. The molecular weight excluding hydrogens is 422 g/mol. The van der Waals surface area contributed by atoms with Gasteiger partial charge < -0.3 is 15.6 Å². The Bertz CT molecular complexity index is 1050. The van der Waals surface area contributed by atoms with E-state index in [1.165, 1.54) is 0 Å². The molecule has 0 aliphatic rings. The lowest BCUT2D eigenvalue weighted by Crippen LogP contribution is -2.00. The maximum absolute atomic E-state index is 10.7. The highest BCUT2D eigenvalue weighted by Crippen LogP contribution is 2.30. The molecule has 2 aromatic rings. The number of ether oxygens (including phenoxy) is 1. The van der Waals surface area contributed by atoms with E-state index in [9.17, 15) is 4.79 Å². The smallest absolute Gasteiger partial charge is 0.303 e. The molecule has 0 atom stereocenters. The third-order valence-corrected chi connectivity index (χ3v) is 4.79. The van der Waals surface area contributed by atoms with Crippen molar-refractivity contribution in [1.29, 1.82) is 0 Å². The number of fused-ring (bicyclic) bond motifs is 1. The van der Waals surface area contributed by atoms with Gasteiger partial charge in [-0.15, -0.1) is 0 Å². The van der Waals surface area contributed by atoms with Crippen molar-refractivity contribution in [2.75, 3.05) is 0 Å². The first-order valence-electron chi connectivity index (χ1n) is 10.8. The Hall–Kier alpha value is -2.98. The van der Waals surface area contributed by atoms with Crippen LogP contribution in [0, 0.1) is 0 Å². The summed E-state index contributed by atoms with van der Waals surface area (Å²) in [7, 11) is 0. The first-order valence-corrected chi connectivity index (χ1v) is 11.1. The number of carboxylic acids is 1. The molecule has 2 rings (SSSR count). The molecule has 32 heavy (non-hydrogen) atoms. The molecule has 0 aliphatic heterocycles. The van der Waals surface area contributed by atoms with E-state index in [2.05, 4.69) is 18.2 Å². The Morgan fingerprint density at radius 2 is 1.69 bits per heavy atom. The summed E-state index contributed by atoms with van der Waals surface area (Å²) in [4.78, 5) is 10.7. The first-order chi connectivity index (χ1) is 15.2. The van der Waals surface area contributed by atoms with E-state index in [0.29, 0.717) is 28.7 Å². The van der Waals surface area contributed by atoms with Gasteiger partial charge in [-0.2, -0.15) is 0 Å². The third-order valence-electron chi connectivity index (χ3n) is 4.47. The Balaban J connectivity index is 0.00000249. The monoisotopic (exact) mass is 455 g/mol. The molecule has 0 fully saturated rings. The van der Waals surface area contributed by atoms with E-state index >= 15 is 0 Å². The Labute approximate surface area is 196 Å². The molecule has 0 amide bonds. The molecule has 3 N–H and O–H groups in total. The zero-order chi connectivity index (χ0) is 24.3. The van der Waals surface area contributed by atoms with Gasteiger partial charge >= 0.3 is 5.97 Å². The van der Waals surface area contributed by atoms with E-state index < -0.39 is 5.97 Å². The van der Waals surface area contributed by atoms with Crippen LogP contribution in [0.1, 0.15) is 59.9 Å². The summed E-state index contributed by atoms with van der Waals surface area (Å²) in [6.07, 6.45) is 3.92. The van der Waals surface area contributed by atoms with Crippen molar-refractivity contribution in [3.8, 4) is 0 Å². The highest BCUT2D eigenvalue weighted by atomic mass is 35.5. The van der Waals surface area contributed by atoms with Crippen LogP contribution in [0.25, 0.3) is 16.3 Å². The predicted octanol–water partition coefficient (Wildman–Crippen LogP) is 7.76. The number of hydrogen-bond acceptors (Lipinski definition) is 3. The second kappa shape index (κ2) is 13.4. The fourth-order valence-corrected chi connectivity index (χ4v) is 3.40. The fraction of sp³-hybridized carbons (Fsp3) is 0.296. The molecule has 0 aliphatic carbocycles. The second-order valence-electron chi connectivity index (χ2n) is 7.29. The van der Waals surface area contributed by atoms with Crippen molar-refractivity contribution < 1.29 is 14.6 Å². The molecule has 0 spiro atoms. The van der Waals surface area contributed by atoms with Crippen molar-refractivity contribution in [3.05, 3.63) is 88.0 Å². The number of benzene rings is 2. The highest BCUT2D eigenvalue weighted by molar-refractivity contribution is 6.31. The third kappa shape index (κ3) is 7.93. The quantitative estimate of drug-likeness (QED) is 0.315. The number of hydrogen-bond donors (Lipinski definition) is 2. The number of halogens is 1. The fourth-order valence-electron chi connectivity index (χ4n) is 3.06. The lowest BCUT2D eigenvalue weighted by Gasteiger charge is -2.15. The van der Waals surface area contributed by atoms with Gasteiger partial charge in [0, 0.05) is 17.7 Å². The molecule has 0 unspecified atom stereocenters. The minimum Gasteiger partial charge on any atom is -0.481 e. The van der Waals surface area contributed by atoms with Crippen molar-refractivity contribution in [3.63, 3.8) is 0 Å². The Morgan fingerprint density at radius 1 is 1.06 bits per heavy atom. The summed E-state index contributed by atoms with van der Waals surface area (Å²) in [5.74, 6) is 0.279. The van der Waals surface area contributed by atoms with E-state index in [1.807, 2.05) is 71.9 Å². The lowest BCUT2D eigenvalue weighted by atomic mass is 9.96. The maximum atomic E-state index is 10.7. The van der Waals surface area contributed by atoms with Crippen molar-refractivity contribution in [2.24, 2.45) is 5.73 Å². The largest absolute Gasteiger partial charge is 0.481 e. The van der Waals surface area contributed by atoms with Gasteiger partial charge in [0.25, 0.3) is 0 Å². The minimum atomic E-state index is -0.866. The van der Waals surface area contributed by atoms with Crippen LogP contribution < -0.4 is 5.73 Å².